The number of urea groups is 1. The molecule has 0 aliphatic rings. The summed E-state index contributed by atoms with van der Waals surface area (Å²) in [4.78, 5) is 21.9. The summed E-state index contributed by atoms with van der Waals surface area (Å²) in [5.41, 5.74) is 11.7. The van der Waals surface area contributed by atoms with Crippen molar-refractivity contribution in [2.75, 3.05) is 11.5 Å². The van der Waals surface area contributed by atoms with Gasteiger partial charge in [-0.3, -0.25) is 14.3 Å². The third kappa shape index (κ3) is 3.87. The molecule has 3 amide bonds. The van der Waals surface area contributed by atoms with E-state index < -0.39 is 22.7 Å². The van der Waals surface area contributed by atoms with Crippen LogP contribution in [0.3, 0.4) is 0 Å². The van der Waals surface area contributed by atoms with Crippen LogP contribution in [0, 0.1) is 6.92 Å². The standard InChI is InChI=1S/C10H13N3O3S/c1-6-2-3-8(7(11)4-6)17(16)5-9(14)13-10(12)15/h2-4H,5,11H2,1H3,(H3,12,13,14,15). The highest BCUT2D eigenvalue weighted by Gasteiger charge is 2.13. The summed E-state index contributed by atoms with van der Waals surface area (Å²) in [6, 6.07) is 4.04. The molecule has 0 fully saturated rings. The fraction of sp³-hybridized carbons (Fsp3) is 0.200. The van der Waals surface area contributed by atoms with Gasteiger partial charge in [0.2, 0.25) is 5.91 Å². The van der Waals surface area contributed by atoms with Gasteiger partial charge in [-0.2, -0.15) is 0 Å². The number of hydrogen-bond donors (Lipinski definition) is 3. The minimum atomic E-state index is -1.59. The quantitative estimate of drug-likeness (QED) is 0.653. The predicted octanol–water partition coefficient (Wildman–Crippen LogP) is -0.120. The molecule has 0 aliphatic heterocycles. The number of carbonyl (C=O) groups is 2. The summed E-state index contributed by atoms with van der Waals surface area (Å²) >= 11 is 0. The van der Waals surface area contributed by atoms with E-state index in [2.05, 4.69) is 0 Å². The summed E-state index contributed by atoms with van der Waals surface area (Å²) in [7, 11) is -1.59. The molecule has 0 saturated heterocycles. The SMILES string of the molecule is Cc1ccc(S(=O)CC(=O)NC(N)=O)c(N)c1. The Hall–Kier alpha value is -1.89. The molecule has 1 rings (SSSR count). The van der Waals surface area contributed by atoms with Gasteiger partial charge in [-0.05, 0) is 24.6 Å². The first-order valence-electron chi connectivity index (χ1n) is 4.74. The zero-order valence-electron chi connectivity index (χ0n) is 9.23. The highest BCUT2D eigenvalue weighted by Crippen LogP contribution is 2.17. The lowest BCUT2D eigenvalue weighted by Gasteiger charge is -2.06. The number of nitrogens with two attached hydrogens (primary N) is 2. The van der Waals surface area contributed by atoms with E-state index in [1.807, 2.05) is 12.2 Å². The van der Waals surface area contributed by atoms with Crippen LogP contribution in [0.4, 0.5) is 10.5 Å². The minimum Gasteiger partial charge on any atom is -0.398 e. The molecule has 92 valence electrons. The fourth-order valence-electron chi connectivity index (χ4n) is 1.25. The van der Waals surface area contributed by atoms with Crippen LogP contribution in [0.5, 0.6) is 0 Å². The highest BCUT2D eigenvalue weighted by atomic mass is 32.2. The second-order valence-electron chi connectivity index (χ2n) is 3.44. The molecule has 0 saturated carbocycles. The lowest BCUT2D eigenvalue weighted by molar-refractivity contribution is -0.117. The zero-order chi connectivity index (χ0) is 13.0. The van der Waals surface area contributed by atoms with Gasteiger partial charge in [-0.25, -0.2) is 4.79 Å². The van der Waals surface area contributed by atoms with Crippen LogP contribution in [0.15, 0.2) is 23.1 Å². The lowest BCUT2D eigenvalue weighted by atomic mass is 10.2. The molecule has 0 bridgehead atoms. The van der Waals surface area contributed by atoms with Gasteiger partial charge >= 0.3 is 6.03 Å². The van der Waals surface area contributed by atoms with Crippen LogP contribution in [0.1, 0.15) is 5.56 Å². The fourth-order valence-corrected chi connectivity index (χ4v) is 2.25. The Morgan fingerprint density at radius 2 is 2.06 bits per heavy atom. The molecule has 6 nitrogen and oxygen atoms in total. The summed E-state index contributed by atoms with van der Waals surface area (Å²) < 4.78 is 11.8. The molecule has 5 N–H and O–H groups in total. The first-order valence-corrected chi connectivity index (χ1v) is 6.06. The van der Waals surface area contributed by atoms with Crippen molar-refractivity contribution < 1.29 is 13.8 Å². The summed E-state index contributed by atoms with van der Waals surface area (Å²) in [6.45, 7) is 1.85. The number of carbonyl (C=O) groups excluding carboxylic acids is 2. The number of anilines is 1. The first kappa shape index (κ1) is 13.2. The average molecular weight is 255 g/mol. The van der Waals surface area contributed by atoms with Gasteiger partial charge in [-0.1, -0.05) is 6.07 Å². The number of amides is 3. The number of imide groups is 1. The third-order valence-corrected chi connectivity index (χ3v) is 3.32. The zero-order valence-corrected chi connectivity index (χ0v) is 10.0. The molecule has 1 aromatic carbocycles. The number of hydrogen-bond acceptors (Lipinski definition) is 4. The topological polar surface area (TPSA) is 115 Å². The molecule has 7 heteroatoms. The van der Waals surface area contributed by atoms with Gasteiger partial charge < -0.3 is 11.5 Å². The Kier molecular flexibility index (Phi) is 4.22. The molecule has 17 heavy (non-hydrogen) atoms. The minimum absolute atomic E-state index is 0.351. The summed E-state index contributed by atoms with van der Waals surface area (Å²) in [5, 5.41) is 1.84. The molecule has 0 heterocycles. The van der Waals surface area contributed by atoms with Gasteiger partial charge in [0.25, 0.3) is 0 Å². The molecule has 0 aromatic heterocycles. The van der Waals surface area contributed by atoms with E-state index in [4.69, 9.17) is 11.5 Å². The van der Waals surface area contributed by atoms with Crippen LogP contribution >= 0.6 is 0 Å². The van der Waals surface area contributed by atoms with Crippen LogP contribution in [0.2, 0.25) is 0 Å². The molecule has 1 unspecified atom stereocenters. The van der Waals surface area contributed by atoms with Crippen molar-refractivity contribution in [2.45, 2.75) is 11.8 Å². The Balaban J connectivity index is 2.76. The molecule has 0 aliphatic carbocycles. The van der Waals surface area contributed by atoms with Crippen LogP contribution < -0.4 is 16.8 Å². The van der Waals surface area contributed by atoms with E-state index in [1.165, 1.54) is 0 Å². The Bertz CT molecular complexity index is 488. The van der Waals surface area contributed by atoms with Crippen molar-refractivity contribution in [3.63, 3.8) is 0 Å². The third-order valence-electron chi connectivity index (χ3n) is 1.94. The van der Waals surface area contributed by atoms with Gasteiger partial charge in [0.1, 0.15) is 5.75 Å². The Morgan fingerprint density at radius 3 is 2.59 bits per heavy atom. The molecule has 0 radical (unpaired) electrons. The van der Waals surface area contributed by atoms with Crippen molar-refractivity contribution in [1.82, 2.24) is 5.32 Å². The van der Waals surface area contributed by atoms with Gasteiger partial charge in [0.05, 0.1) is 15.7 Å². The van der Waals surface area contributed by atoms with E-state index in [0.717, 1.165) is 5.56 Å². The smallest absolute Gasteiger partial charge is 0.318 e. The number of nitrogen functional groups attached to an aromatic ring is 1. The molecule has 1 aromatic rings. The van der Waals surface area contributed by atoms with Crippen molar-refractivity contribution in [1.29, 1.82) is 0 Å². The number of primary amides is 1. The summed E-state index contributed by atoms with van der Waals surface area (Å²) in [5.74, 6) is -1.05. The normalized spacial score (nSPS) is 11.8. The van der Waals surface area contributed by atoms with Crippen molar-refractivity contribution in [3.05, 3.63) is 23.8 Å². The average Bonchev–Trinajstić information content (AvgIpc) is 2.15. The van der Waals surface area contributed by atoms with Crippen LogP contribution in [0.25, 0.3) is 0 Å². The highest BCUT2D eigenvalue weighted by molar-refractivity contribution is 7.86. The lowest BCUT2D eigenvalue weighted by Crippen LogP contribution is -2.37. The second-order valence-corrected chi connectivity index (χ2v) is 4.86. The van der Waals surface area contributed by atoms with Crippen LogP contribution in [-0.2, 0) is 15.6 Å². The maximum atomic E-state index is 11.8. The van der Waals surface area contributed by atoms with Gasteiger partial charge in [0, 0.05) is 5.69 Å². The Labute approximate surface area is 101 Å². The Morgan fingerprint density at radius 1 is 1.41 bits per heavy atom. The van der Waals surface area contributed by atoms with Gasteiger partial charge in [0.15, 0.2) is 0 Å². The number of aryl methyl sites for hydroxylation is 1. The van der Waals surface area contributed by atoms with Crippen LogP contribution in [-0.4, -0.2) is 21.9 Å². The van der Waals surface area contributed by atoms with Crippen molar-refractivity contribution in [3.8, 4) is 0 Å². The van der Waals surface area contributed by atoms with E-state index in [0.29, 0.717) is 10.6 Å². The number of benzene rings is 1. The summed E-state index contributed by atoms with van der Waals surface area (Å²) in [6.07, 6.45) is 0. The molecule has 1 atom stereocenters. The van der Waals surface area contributed by atoms with E-state index in [1.54, 1.807) is 18.2 Å². The number of rotatable bonds is 3. The second kappa shape index (κ2) is 5.44. The molecular weight excluding hydrogens is 242 g/mol. The molecular formula is C10H13N3O3S. The van der Waals surface area contributed by atoms with E-state index >= 15 is 0 Å². The van der Waals surface area contributed by atoms with Gasteiger partial charge in [-0.15, -0.1) is 0 Å². The van der Waals surface area contributed by atoms with Crippen molar-refractivity contribution in [2.24, 2.45) is 5.73 Å². The molecule has 0 spiro atoms. The van der Waals surface area contributed by atoms with E-state index in [9.17, 15) is 13.8 Å². The van der Waals surface area contributed by atoms with Crippen molar-refractivity contribution >= 4 is 28.4 Å². The maximum Gasteiger partial charge on any atom is 0.318 e. The number of nitrogens with one attached hydrogen (secondary N) is 1. The predicted molar refractivity (Wildman–Crippen MR) is 64.6 cm³/mol. The maximum absolute atomic E-state index is 11.8. The monoisotopic (exact) mass is 255 g/mol. The largest absolute Gasteiger partial charge is 0.398 e. The first-order chi connectivity index (χ1) is 7.90. The van der Waals surface area contributed by atoms with E-state index in [-0.39, 0.29) is 5.75 Å².